The van der Waals surface area contributed by atoms with Crippen molar-refractivity contribution in [3.63, 3.8) is 0 Å². The third-order valence-electron chi connectivity index (χ3n) is 6.87. The molecule has 3 nitrogen and oxygen atoms in total. The lowest BCUT2D eigenvalue weighted by molar-refractivity contribution is -0.162. The molecule has 1 fully saturated rings. The first-order valence-electron chi connectivity index (χ1n) is 12.5. The highest BCUT2D eigenvalue weighted by atomic mass is 35.5. The van der Waals surface area contributed by atoms with Crippen LogP contribution in [0, 0.1) is 29.6 Å². The van der Waals surface area contributed by atoms with E-state index in [-0.39, 0.29) is 23.7 Å². The molecule has 0 radical (unpaired) electrons. The molecular formula is C29H43ClO3. The molecule has 1 aromatic rings. The predicted octanol–water partition coefficient (Wildman–Crippen LogP) is 7.63. The van der Waals surface area contributed by atoms with E-state index < -0.39 is 5.60 Å². The number of halogens is 1. The van der Waals surface area contributed by atoms with Crippen molar-refractivity contribution in [2.24, 2.45) is 29.6 Å². The van der Waals surface area contributed by atoms with Crippen molar-refractivity contribution < 1.29 is 14.3 Å². The predicted molar refractivity (Wildman–Crippen MR) is 137 cm³/mol. The lowest BCUT2D eigenvalue weighted by atomic mass is 9.83. The molecule has 5 atom stereocenters. The van der Waals surface area contributed by atoms with Gasteiger partial charge in [0.15, 0.2) is 0 Å². The summed E-state index contributed by atoms with van der Waals surface area (Å²) < 4.78 is 5.70. The molecule has 0 saturated heterocycles. The Labute approximate surface area is 206 Å². The zero-order chi connectivity index (χ0) is 24.8. The van der Waals surface area contributed by atoms with Gasteiger partial charge in [0.1, 0.15) is 11.4 Å². The molecule has 0 spiro atoms. The number of rotatable bonds is 9. The number of carbonyl (C=O) groups excluding carboxylic acids is 2. The molecule has 0 N–H and O–H groups in total. The van der Waals surface area contributed by atoms with Gasteiger partial charge in [0, 0.05) is 17.4 Å². The third-order valence-corrected chi connectivity index (χ3v) is 7.22. The average Bonchev–Trinajstić information content (AvgIpc) is 2.85. The van der Waals surface area contributed by atoms with Crippen LogP contribution in [0.1, 0.15) is 84.8 Å². The number of esters is 1. The number of benzene rings is 1. The minimum absolute atomic E-state index is 0.0582. The molecule has 0 amide bonds. The van der Waals surface area contributed by atoms with Crippen molar-refractivity contribution in [2.45, 2.75) is 92.1 Å². The Kier molecular flexibility index (Phi) is 10.2. The lowest BCUT2D eigenvalue weighted by Crippen LogP contribution is -2.33. The molecule has 2 rings (SSSR count). The Morgan fingerprint density at radius 3 is 2.55 bits per heavy atom. The van der Waals surface area contributed by atoms with Crippen molar-refractivity contribution in [1.82, 2.24) is 0 Å². The second-order valence-corrected chi connectivity index (χ2v) is 11.7. The van der Waals surface area contributed by atoms with E-state index in [1.807, 2.05) is 39.0 Å². The molecule has 0 heterocycles. The summed E-state index contributed by atoms with van der Waals surface area (Å²) in [5, 5.41) is 0.783. The molecule has 3 unspecified atom stereocenters. The molecule has 0 aromatic heterocycles. The first-order valence-corrected chi connectivity index (χ1v) is 12.9. The normalized spacial score (nSPS) is 24.6. The molecular weight excluding hydrogens is 432 g/mol. The van der Waals surface area contributed by atoms with Gasteiger partial charge in [-0.2, -0.15) is 0 Å². The summed E-state index contributed by atoms with van der Waals surface area (Å²) in [6, 6.07) is 6.04. The van der Waals surface area contributed by atoms with Gasteiger partial charge in [0.25, 0.3) is 0 Å². The number of ketones is 1. The van der Waals surface area contributed by atoms with Crippen LogP contribution in [0.3, 0.4) is 0 Å². The summed E-state index contributed by atoms with van der Waals surface area (Å²) in [5.41, 5.74) is 1.87. The average molecular weight is 475 g/mol. The van der Waals surface area contributed by atoms with Crippen LogP contribution in [0.5, 0.6) is 0 Å². The van der Waals surface area contributed by atoms with Crippen LogP contribution in [-0.2, 0) is 27.2 Å². The van der Waals surface area contributed by atoms with Gasteiger partial charge in [0.05, 0.1) is 5.92 Å². The number of ether oxygens (including phenoxy) is 1. The van der Waals surface area contributed by atoms with Gasteiger partial charge in [0.2, 0.25) is 0 Å². The summed E-state index contributed by atoms with van der Waals surface area (Å²) >= 11 is 6.40. The summed E-state index contributed by atoms with van der Waals surface area (Å²) in [4.78, 5) is 26.1. The number of hydrogen-bond donors (Lipinski definition) is 0. The smallest absolute Gasteiger partial charge is 0.309 e. The Morgan fingerprint density at radius 2 is 1.91 bits per heavy atom. The maximum atomic E-state index is 13.3. The SMILES string of the molecule is C=CCc1c(Cl)cccc1CC(C)CCC(=O)[C@H]1CC(C(=O)OC(C)(C)C)C(C)C[C@H](C)C1. The van der Waals surface area contributed by atoms with Crippen LogP contribution in [0.25, 0.3) is 0 Å². The highest BCUT2D eigenvalue weighted by Crippen LogP contribution is 2.38. The van der Waals surface area contributed by atoms with E-state index in [4.69, 9.17) is 16.3 Å². The highest BCUT2D eigenvalue weighted by molar-refractivity contribution is 6.31. The number of carbonyl (C=O) groups is 2. The first kappa shape index (κ1) is 27.6. The maximum absolute atomic E-state index is 13.3. The molecule has 4 heteroatoms. The maximum Gasteiger partial charge on any atom is 0.309 e. The van der Waals surface area contributed by atoms with E-state index in [1.165, 1.54) is 5.56 Å². The van der Waals surface area contributed by atoms with Gasteiger partial charge in [-0.3, -0.25) is 9.59 Å². The van der Waals surface area contributed by atoms with E-state index in [0.29, 0.717) is 30.5 Å². The molecule has 33 heavy (non-hydrogen) atoms. The van der Waals surface area contributed by atoms with Crippen molar-refractivity contribution >= 4 is 23.4 Å². The van der Waals surface area contributed by atoms with E-state index in [9.17, 15) is 9.59 Å². The lowest BCUT2D eigenvalue weighted by Gasteiger charge is -2.27. The fourth-order valence-corrected chi connectivity index (χ4v) is 5.49. The van der Waals surface area contributed by atoms with Crippen molar-refractivity contribution in [3.8, 4) is 0 Å². The van der Waals surface area contributed by atoms with Crippen molar-refractivity contribution in [2.75, 3.05) is 0 Å². The summed E-state index contributed by atoms with van der Waals surface area (Å²) in [6.45, 7) is 16.1. The quantitative estimate of drug-likeness (QED) is 0.210. The van der Waals surface area contributed by atoms with Crippen LogP contribution >= 0.6 is 11.6 Å². The number of hydrogen-bond acceptors (Lipinski definition) is 3. The minimum atomic E-state index is -0.506. The zero-order valence-electron chi connectivity index (χ0n) is 21.5. The van der Waals surface area contributed by atoms with Crippen molar-refractivity contribution in [1.29, 1.82) is 0 Å². The third kappa shape index (κ3) is 8.59. The summed E-state index contributed by atoms with van der Waals surface area (Å²) in [6.07, 6.45) is 7.39. The molecule has 184 valence electrons. The minimum Gasteiger partial charge on any atom is -0.460 e. The molecule has 0 aliphatic heterocycles. The van der Waals surface area contributed by atoms with Gasteiger partial charge in [-0.15, -0.1) is 6.58 Å². The first-order chi connectivity index (χ1) is 15.4. The van der Waals surface area contributed by atoms with Gasteiger partial charge in [-0.25, -0.2) is 0 Å². The number of allylic oxidation sites excluding steroid dienone is 1. The largest absolute Gasteiger partial charge is 0.460 e. The van der Waals surface area contributed by atoms with E-state index in [2.05, 4.69) is 33.4 Å². The zero-order valence-corrected chi connectivity index (χ0v) is 22.2. The van der Waals surface area contributed by atoms with Gasteiger partial charge in [-0.05, 0) is 94.2 Å². The Hall–Kier alpha value is -1.61. The van der Waals surface area contributed by atoms with Crippen LogP contribution in [0.15, 0.2) is 30.9 Å². The molecule has 1 aliphatic rings. The monoisotopic (exact) mass is 474 g/mol. The second-order valence-electron chi connectivity index (χ2n) is 11.3. The summed E-state index contributed by atoms with van der Waals surface area (Å²) in [7, 11) is 0. The topological polar surface area (TPSA) is 43.4 Å². The Morgan fingerprint density at radius 1 is 1.21 bits per heavy atom. The van der Waals surface area contributed by atoms with Gasteiger partial charge in [-0.1, -0.05) is 50.6 Å². The standard InChI is InChI=1S/C29H43ClO3/c1-8-10-24-22(11-9-12-26(24)30)16-19(2)13-14-27(31)23-17-20(3)15-21(4)25(18-23)28(32)33-29(5,6)7/h8-9,11-12,19-21,23,25H,1,10,13-18H2,2-7H3/t19?,20-,21?,23+,25?/m0/s1. The molecule has 1 saturated carbocycles. The van der Waals surface area contributed by atoms with Crippen LogP contribution in [0.4, 0.5) is 0 Å². The van der Waals surface area contributed by atoms with Crippen LogP contribution < -0.4 is 0 Å². The van der Waals surface area contributed by atoms with Gasteiger partial charge >= 0.3 is 5.97 Å². The van der Waals surface area contributed by atoms with E-state index in [1.54, 1.807) is 0 Å². The van der Waals surface area contributed by atoms with Crippen LogP contribution in [0.2, 0.25) is 5.02 Å². The Bertz CT molecular complexity index is 823. The van der Waals surface area contributed by atoms with Crippen LogP contribution in [-0.4, -0.2) is 17.4 Å². The second kappa shape index (κ2) is 12.2. The fourth-order valence-electron chi connectivity index (χ4n) is 5.22. The van der Waals surface area contributed by atoms with E-state index in [0.717, 1.165) is 42.7 Å². The Balaban J connectivity index is 2.01. The molecule has 1 aromatic carbocycles. The van der Waals surface area contributed by atoms with Crippen molar-refractivity contribution in [3.05, 3.63) is 47.0 Å². The number of Topliss-reactive ketones (excluding diaryl/α,β-unsaturated/α-hetero) is 1. The fraction of sp³-hybridized carbons (Fsp3) is 0.655. The summed E-state index contributed by atoms with van der Waals surface area (Å²) in [5.74, 6) is 0.939. The van der Waals surface area contributed by atoms with E-state index >= 15 is 0 Å². The highest BCUT2D eigenvalue weighted by Gasteiger charge is 2.37. The van der Waals surface area contributed by atoms with Gasteiger partial charge < -0.3 is 4.74 Å². The molecule has 0 bridgehead atoms. The molecule has 1 aliphatic carbocycles.